The van der Waals surface area contributed by atoms with Crippen LogP contribution in [0.2, 0.25) is 0 Å². The number of benzene rings is 1. The van der Waals surface area contributed by atoms with E-state index in [-0.39, 0.29) is 11.3 Å². The third-order valence-corrected chi connectivity index (χ3v) is 5.30. The maximum absolute atomic E-state index is 12.4. The van der Waals surface area contributed by atoms with Crippen LogP contribution in [0.1, 0.15) is 41.6 Å². The molecule has 1 heterocycles. The first-order valence-electron chi connectivity index (χ1n) is 7.68. The monoisotopic (exact) mass is 315 g/mol. The van der Waals surface area contributed by atoms with Gasteiger partial charge in [0.25, 0.3) is 5.91 Å². The van der Waals surface area contributed by atoms with Crippen LogP contribution in [0.5, 0.6) is 5.75 Å². The van der Waals surface area contributed by atoms with Crippen LogP contribution in [0.4, 0.5) is 0 Å². The quantitative estimate of drug-likeness (QED) is 0.905. The minimum atomic E-state index is -0.0274. The average Bonchev–Trinajstić information content (AvgIpc) is 3.24. The number of carbonyl (C=O) groups is 1. The number of nitrogens with one attached hydrogen (secondary N) is 1. The Morgan fingerprint density at radius 3 is 2.82 bits per heavy atom. The van der Waals surface area contributed by atoms with Gasteiger partial charge in [0.15, 0.2) is 0 Å². The van der Waals surface area contributed by atoms with Crippen molar-refractivity contribution < 1.29 is 9.53 Å². The van der Waals surface area contributed by atoms with Crippen molar-refractivity contribution in [2.45, 2.75) is 31.1 Å². The fraction of sp³-hybridized carbons (Fsp3) is 0.389. The van der Waals surface area contributed by atoms with E-state index < -0.39 is 0 Å². The number of rotatable bonds is 5. The lowest BCUT2D eigenvalue weighted by molar-refractivity contribution is 0.0943. The minimum absolute atomic E-state index is 0.0274. The molecule has 0 radical (unpaired) electrons. The summed E-state index contributed by atoms with van der Waals surface area (Å²) in [6, 6.07) is 9.50. The Morgan fingerprint density at radius 1 is 1.32 bits per heavy atom. The molecule has 0 unspecified atom stereocenters. The van der Waals surface area contributed by atoms with Gasteiger partial charge in [-0.05, 0) is 53.4 Å². The summed E-state index contributed by atoms with van der Waals surface area (Å²) < 4.78 is 5.18. The zero-order chi connectivity index (χ0) is 15.4. The Balaban J connectivity index is 1.71. The largest absolute Gasteiger partial charge is 0.497 e. The van der Waals surface area contributed by atoms with Crippen LogP contribution in [0.25, 0.3) is 0 Å². The predicted molar refractivity (Wildman–Crippen MR) is 89.8 cm³/mol. The molecule has 1 amide bonds. The van der Waals surface area contributed by atoms with E-state index in [0.29, 0.717) is 17.9 Å². The Bertz CT molecular complexity index is 630. The number of carbonyl (C=O) groups excluding carboxylic acids is 1. The van der Waals surface area contributed by atoms with Gasteiger partial charge < -0.3 is 10.1 Å². The lowest BCUT2D eigenvalue weighted by atomic mass is 9.80. The summed E-state index contributed by atoms with van der Waals surface area (Å²) in [6.45, 7) is 0.708. The van der Waals surface area contributed by atoms with Crippen molar-refractivity contribution in [2.24, 2.45) is 0 Å². The highest BCUT2D eigenvalue weighted by Gasteiger charge is 2.36. The van der Waals surface area contributed by atoms with Gasteiger partial charge in [-0.25, -0.2) is 0 Å². The molecule has 116 valence electrons. The van der Waals surface area contributed by atoms with Crippen molar-refractivity contribution in [3.8, 4) is 5.75 Å². The standard InChI is InChI=1S/C18H21NO2S/c1-21-16-6-4-5-14(11-16)17(20)19-13-18(8-2-3-9-18)15-7-10-22-12-15/h4-7,10-12H,2-3,8-9,13H2,1H3,(H,19,20). The number of hydrogen-bond acceptors (Lipinski definition) is 3. The first-order chi connectivity index (χ1) is 10.7. The number of hydrogen-bond donors (Lipinski definition) is 1. The van der Waals surface area contributed by atoms with Gasteiger partial charge >= 0.3 is 0 Å². The zero-order valence-electron chi connectivity index (χ0n) is 12.8. The normalized spacial score (nSPS) is 16.4. The molecule has 4 heteroatoms. The Hall–Kier alpha value is -1.81. The molecule has 3 rings (SSSR count). The zero-order valence-corrected chi connectivity index (χ0v) is 13.6. The lowest BCUT2D eigenvalue weighted by Crippen LogP contribution is -2.38. The van der Waals surface area contributed by atoms with E-state index in [2.05, 4.69) is 22.1 Å². The Labute approximate surface area is 135 Å². The van der Waals surface area contributed by atoms with Crippen LogP contribution in [-0.2, 0) is 5.41 Å². The van der Waals surface area contributed by atoms with Crippen molar-refractivity contribution in [3.63, 3.8) is 0 Å². The molecule has 3 nitrogen and oxygen atoms in total. The highest BCUT2D eigenvalue weighted by Crippen LogP contribution is 2.41. The lowest BCUT2D eigenvalue weighted by Gasteiger charge is -2.28. The van der Waals surface area contributed by atoms with Crippen LogP contribution < -0.4 is 10.1 Å². The molecule has 1 fully saturated rings. The Kier molecular flexibility index (Phi) is 4.48. The summed E-state index contributed by atoms with van der Waals surface area (Å²) in [5.74, 6) is 0.682. The third-order valence-electron chi connectivity index (χ3n) is 4.61. The number of methoxy groups -OCH3 is 1. The highest BCUT2D eigenvalue weighted by atomic mass is 32.1. The van der Waals surface area contributed by atoms with Gasteiger partial charge in [0, 0.05) is 17.5 Å². The summed E-state index contributed by atoms with van der Waals surface area (Å²) in [5.41, 5.74) is 2.15. The molecule has 2 aromatic rings. The predicted octanol–water partition coefficient (Wildman–Crippen LogP) is 4.00. The van der Waals surface area contributed by atoms with Gasteiger partial charge in [0.05, 0.1) is 7.11 Å². The van der Waals surface area contributed by atoms with Gasteiger partial charge in [-0.15, -0.1) is 0 Å². The summed E-state index contributed by atoms with van der Waals surface area (Å²) in [7, 11) is 1.61. The van der Waals surface area contributed by atoms with E-state index in [4.69, 9.17) is 4.74 Å². The fourth-order valence-corrected chi connectivity index (χ4v) is 4.08. The molecule has 0 aliphatic heterocycles. The van der Waals surface area contributed by atoms with Crippen LogP contribution in [0.3, 0.4) is 0 Å². The van der Waals surface area contributed by atoms with Crippen molar-refractivity contribution >= 4 is 17.2 Å². The molecule has 1 N–H and O–H groups in total. The second-order valence-corrected chi connectivity index (χ2v) is 6.69. The fourth-order valence-electron chi connectivity index (χ4n) is 3.30. The van der Waals surface area contributed by atoms with Gasteiger partial charge in [0.2, 0.25) is 0 Å². The van der Waals surface area contributed by atoms with Crippen molar-refractivity contribution in [1.82, 2.24) is 5.32 Å². The highest BCUT2D eigenvalue weighted by molar-refractivity contribution is 7.08. The maximum atomic E-state index is 12.4. The van der Waals surface area contributed by atoms with Gasteiger partial charge in [-0.2, -0.15) is 11.3 Å². The molecule has 0 bridgehead atoms. The minimum Gasteiger partial charge on any atom is -0.497 e. The molecule has 0 saturated heterocycles. The number of amides is 1. The molecule has 1 aromatic heterocycles. The van der Waals surface area contributed by atoms with E-state index in [0.717, 1.165) is 12.8 Å². The number of thiophene rings is 1. The molecule has 1 aromatic carbocycles. The van der Waals surface area contributed by atoms with Crippen LogP contribution in [-0.4, -0.2) is 19.6 Å². The molecule has 1 aliphatic carbocycles. The van der Waals surface area contributed by atoms with Crippen LogP contribution >= 0.6 is 11.3 Å². The first kappa shape index (κ1) is 15.1. The van der Waals surface area contributed by atoms with Crippen molar-refractivity contribution in [3.05, 3.63) is 52.2 Å². The summed E-state index contributed by atoms with van der Waals surface area (Å²) >= 11 is 1.73. The van der Waals surface area contributed by atoms with Crippen LogP contribution in [0, 0.1) is 0 Å². The van der Waals surface area contributed by atoms with Crippen molar-refractivity contribution in [2.75, 3.05) is 13.7 Å². The maximum Gasteiger partial charge on any atom is 0.251 e. The van der Waals surface area contributed by atoms with E-state index >= 15 is 0 Å². The van der Waals surface area contributed by atoms with Crippen molar-refractivity contribution in [1.29, 1.82) is 0 Å². The Morgan fingerprint density at radius 2 is 2.14 bits per heavy atom. The molecule has 1 saturated carbocycles. The summed E-state index contributed by atoms with van der Waals surface area (Å²) in [6.07, 6.45) is 4.79. The van der Waals surface area contributed by atoms with Gasteiger partial charge in [-0.3, -0.25) is 4.79 Å². The van der Waals surface area contributed by atoms with E-state index in [1.165, 1.54) is 18.4 Å². The topological polar surface area (TPSA) is 38.3 Å². The molecule has 0 spiro atoms. The van der Waals surface area contributed by atoms with Gasteiger partial charge in [-0.1, -0.05) is 18.9 Å². The van der Waals surface area contributed by atoms with Gasteiger partial charge in [0.1, 0.15) is 5.75 Å². The molecule has 0 atom stereocenters. The molecular weight excluding hydrogens is 294 g/mol. The van der Waals surface area contributed by atoms with E-state index in [9.17, 15) is 4.79 Å². The van der Waals surface area contributed by atoms with E-state index in [1.807, 2.05) is 18.2 Å². The smallest absolute Gasteiger partial charge is 0.251 e. The number of ether oxygens (including phenoxy) is 1. The second-order valence-electron chi connectivity index (χ2n) is 5.91. The third kappa shape index (κ3) is 3.02. The van der Waals surface area contributed by atoms with Crippen LogP contribution in [0.15, 0.2) is 41.1 Å². The molecule has 1 aliphatic rings. The SMILES string of the molecule is COc1cccc(C(=O)NCC2(c3ccsc3)CCCC2)c1. The molecule has 22 heavy (non-hydrogen) atoms. The summed E-state index contributed by atoms with van der Waals surface area (Å²) in [5, 5.41) is 7.48. The van der Waals surface area contributed by atoms with E-state index in [1.54, 1.807) is 24.5 Å². The second kappa shape index (κ2) is 6.53. The average molecular weight is 315 g/mol. The summed E-state index contributed by atoms with van der Waals surface area (Å²) in [4.78, 5) is 12.4. The first-order valence-corrected chi connectivity index (χ1v) is 8.63. The molecular formula is C18H21NO2S.